The summed E-state index contributed by atoms with van der Waals surface area (Å²) in [6, 6.07) is 12.1. The van der Waals surface area contributed by atoms with Gasteiger partial charge in [0.2, 0.25) is 0 Å². The summed E-state index contributed by atoms with van der Waals surface area (Å²) >= 11 is 5.31. The molecule has 0 aromatic heterocycles. The van der Waals surface area contributed by atoms with Crippen molar-refractivity contribution in [2.24, 2.45) is 0 Å². The molecule has 0 heterocycles. The summed E-state index contributed by atoms with van der Waals surface area (Å²) in [5, 5.41) is 8.08. The van der Waals surface area contributed by atoms with Crippen molar-refractivity contribution >= 4 is 16.8 Å². The van der Waals surface area contributed by atoms with Crippen molar-refractivity contribution < 1.29 is 18.7 Å². The lowest BCUT2D eigenvalue weighted by atomic mass is 10.2. The third kappa shape index (κ3) is 3.96. The van der Waals surface area contributed by atoms with Crippen LogP contribution in [-0.2, 0) is 4.79 Å². The summed E-state index contributed by atoms with van der Waals surface area (Å²) in [5.74, 6) is 0.215. The molecule has 0 aliphatic heterocycles. The molecule has 0 radical (unpaired) electrons. The molecule has 0 saturated carbocycles. The highest BCUT2D eigenvalue weighted by atomic mass is 35.5. The Labute approximate surface area is 131 Å². The van der Waals surface area contributed by atoms with Crippen molar-refractivity contribution in [1.29, 1.82) is 5.26 Å². The van der Waals surface area contributed by atoms with Crippen LogP contribution in [-0.4, -0.2) is 11.3 Å². The van der Waals surface area contributed by atoms with Crippen LogP contribution in [0.25, 0.3) is 0 Å². The fourth-order valence-electron chi connectivity index (χ4n) is 1.62. The summed E-state index contributed by atoms with van der Waals surface area (Å²) in [4.78, 5) is 10.9. The molecule has 22 heavy (non-hydrogen) atoms. The topological polar surface area (TPSA) is 59.3 Å². The number of nitriles is 1. The van der Waals surface area contributed by atoms with Crippen LogP contribution in [0.4, 0.5) is 4.39 Å². The highest BCUT2D eigenvalue weighted by Crippen LogP contribution is 2.27. The van der Waals surface area contributed by atoms with Crippen LogP contribution in [0.5, 0.6) is 17.2 Å². The van der Waals surface area contributed by atoms with Gasteiger partial charge in [-0.25, -0.2) is 4.39 Å². The van der Waals surface area contributed by atoms with Crippen molar-refractivity contribution in [3.63, 3.8) is 0 Å². The van der Waals surface area contributed by atoms with Gasteiger partial charge in [0.05, 0.1) is 11.6 Å². The lowest BCUT2D eigenvalue weighted by Crippen LogP contribution is -2.18. The van der Waals surface area contributed by atoms with E-state index in [0.717, 1.165) is 6.07 Å². The Balaban J connectivity index is 2.08. The molecule has 4 nitrogen and oxygen atoms in total. The maximum Gasteiger partial charge on any atom is 0.262 e. The first-order chi connectivity index (χ1) is 10.5. The van der Waals surface area contributed by atoms with Crippen LogP contribution in [0.2, 0.25) is 0 Å². The largest absolute Gasteiger partial charge is 0.482 e. The predicted molar refractivity (Wildman–Crippen MR) is 78.6 cm³/mol. The van der Waals surface area contributed by atoms with Gasteiger partial charge in [0.1, 0.15) is 11.5 Å². The molecule has 0 spiro atoms. The summed E-state index contributed by atoms with van der Waals surface area (Å²) in [6.45, 7) is 1.53. The van der Waals surface area contributed by atoms with Crippen LogP contribution in [0.15, 0.2) is 42.5 Å². The molecule has 0 N–H and O–H groups in total. The van der Waals surface area contributed by atoms with Gasteiger partial charge in [-0.2, -0.15) is 5.26 Å². The van der Waals surface area contributed by atoms with Crippen molar-refractivity contribution in [2.75, 3.05) is 0 Å². The third-order valence-corrected chi connectivity index (χ3v) is 3.05. The number of nitrogens with zero attached hydrogens (tertiary/aromatic N) is 1. The zero-order chi connectivity index (χ0) is 16.1. The van der Waals surface area contributed by atoms with Crippen LogP contribution >= 0.6 is 11.6 Å². The normalized spacial score (nSPS) is 11.4. The standard InChI is InChI=1S/C16H11ClFNO3/c1-10(16(17)20)21-12-3-5-13(6-4-12)22-15-7-2-11(9-19)8-14(15)18/h2-8,10H,1H3/t10-/m1/s1. The van der Waals surface area contributed by atoms with E-state index in [0.29, 0.717) is 11.5 Å². The number of carbonyl (C=O) groups excluding carboxylic acids is 1. The highest BCUT2D eigenvalue weighted by molar-refractivity contribution is 6.64. The van der Waals surface area contributed by atoms with Crippen LogP contribution in [0.1, 0.15) is 12.5 Å². The van der Waals surface area contributed by atoms with Gasteiger partial charge in [0.25, 0.3) is 5.24 Å². The van der Waals surface area contributed by atoms with E-state index in [1.165, 1.54) is 19.1 Å². The van der Waals surface area contributed by atoms with E-state index in [-0.39, 0.29) is 11.3 Å². The minimum absolute atomic E-state index is 0.0111. The first-order valence-corrected chi connectivity index (χ1v) is 6.71. The molecule has 6 heteroatoms. The molecule has 1 atom stereocenters. The number of hydrogen-bond donors (Lipinski definition) is 0. The maximum atomic E-state index is 13.7. The number of benzene rings is 2. The Morgan fingerprint density at radius 2 is 1.86 bits per heavy atom. The zero-order valence-electron chi connectivity index (χ0n) is 11.5. The average Bonchev–Trinajstić information content (AvgIpc) is 2.51. The van der Waals surface area contributed by atoms with Crippen LogP contribution in [0.3, 0.4) is 0 Å². The van der Waals surface area contributed by atoms with Crippen molar-refractivity contribution in [3.05, 3.63) is 53.8 Å². The van der Waals surface area contributed by atoms with Crippen molar-refractivity contribution in [2.45, 2.75) is 13.0 Å². The number of carbonyl (C=O) groups is 1. The second kappa shape index (κ2) is 6.92. The van der Waals surface area contributed by atoms with Gasteiger partial charge in [0, 0.05) is 0 Å². The van der Waals surface area contributed by atoms with E-state index in [1.807, 2.05) is 6.07 Å². The Hall–Kier alpha value is -2.58. The number of ether oxygens (including phenoxy) is 2. The first kappa shape index (κ1) is 15.8. The monoisotopic (exact) mass is 319 g/mol. The molecule has 2 rings (SSSR count). The third-order valence-electron chi connectivity index (χ3n) is 2.74. The summed E-state index contributed by atoms with van der Waals surface area (Å²) in [6.07, 6.45) is -0.760. The van der Waals surface area contributed by atoms with E-state index in [1.54, 1.807) is 24.3 Å². The lowest BCUT2D eigenvalue weighted by Gasteiger charge is -2.11. The van der Waals surface area contributed by atoms with Crippen molar-refractivity contribution in [3.8, 4) is 23.3 Å². The van der Waals surface area contributed by atoms with Gasteiger partial charge >= 0.3 is 0 Å². The number of hydrogen-bond acceptors (Lipinski definition) is 4. The van der Waals surface area contributed by atoms with Gasteiger partial charge in [-0.3, -0.25) is 4.79 Å². The molecule has 0 bridgehead atoms. The van der Waals surface area contributed by atoms with Gasteiger partial charge in [0.15, 0.2) is 17.7 Å². The number of rotatable bonds is 5. The molecule has 2 aromatic rings. The average molecular weight is 320 g/mol. The van der Waals surface area contributed by atoms with E-state index >= 15 is 0 Å². The highest BCUT2D eigenvalue weighted by Gasteiger charge is 2.11. The molecular formula is C16H11ClFNO3. The Bertz CT molecular complexity index is 725. The second-order valence-electron chi connectivity index (χ2n) is 4.39. The second-order valence-corrected chi connectivity index (χ2v) is 4.77. The quantitative estimate of drug-likeness (QED) is 0.781. The Kier molecular flexibility index (Phi) is 4.97. The fraction of sp³-hybridized carbons (Fsp3) is 0.125. The molecule has 0 unspecified atom stereocenters. The SMILES string of the molecule is C[C@@H](Oc1ccc(Oc2ccc(C#N)cc2F)cc1)C(=O)Cl. The molecule has 0 aliphatic carbocycles. The molecular weight excluding hydrogens is 309 g/mol. The number of halogens is 2. The van der Waals surface area contributed by atoms with Gasteiger partial charge in [-0.15, -0.1) is 0 Å². The molecule has 2 aromatic carbocycles. The summed E-state index contributed by atoms with van der Waals surface area (Å²) in [5.41, 5.74) is 0.216. The molecule has 112 valence electrons. The van der Waals surface area contributed by atoms with Gasteiger partial charge in [-0.05, 0) is 61.0 Å². The molecule has 0 amide bonds. The first-order valence-electron chi connectivity index (χ1n) is 6.33. The van der Waals surface area contributed by atoms with Gasteiger partial charge < -0.3 is 9.47 Å². The zero-order valence-corrected chi connectivity index (χ0v) is 12.3. The van der Waals surface area contributed by atoms with Gasteiger partial charge in [-0.1, -0.05) is 0 Å². The van der Waals surface area contributed by atoms with E-state index < -0.39 is 17.2 Å². The van der Waals surface area contributed by atoms with Crippen LogP contribution < -0.4 is 9.47 Å². The van der Waals surface area contributed by atoms with Crippen LogP contribution in [0, 0.1) is 17.1 Å². The summed E-state index contributed by atoms with van der Waals surface area (Å²) < 4.78 is 24.4. The van der Waals surface area contributed by atoms with E-state index in [9.17, 15) is 9.18 Å². The Morgan fingerprint density at radius 1 is 1.23 bits per heavy atom. The fourth-order valence-corrected chi connectivity index (χ4v) is 1.66. The predicted octanol–water partition coefficient (Wildman–Crippen LogP) is 4.02. The molecule has 0 saturated heterocycles. The van der Waals surface area contributed by atoms with Crippen molar-refractivity contribution in [1.82, 2.24) is 0 Å². The smallest absolute Gasteiger partial charge is 0.262 e. The Morgan fingerprint density at radius 3 is 2.41 bits per heavy atom. The molecule has 0 aliphatic rings. The minimum Gasteiger partial charge on any atom is -0.482 e. The molecule has 0 fully saturated rings. The lowest BCUT2D eigenvalue weighted by molar-refractivity contribution is -0.117. The maximum absolute atomic E-state index is 13.7. The summed E-state index contributed by atoms with van der Waals surface area (Å²) in [7, 11) is 0. The van der Waals surface area contributed by atoms with E-state index in [4.69, 9.17) is 26.3 Å². The minimum atomic E-state index is -0.760. The van der Waals surface area contributed by atoms with E-state index in [2.05, 4.69) is 0 Å².